The minimum absolute atomic E-state index is 0.158. The number of halogens is 2. The van der Waals surface area contributed by atoms with Gasteiger partial charge in [-0.05, 0) is 30.3 Å². The largest absolute Gasteiger partial charge is 0.454 e. The van der Waals surface area contributed by atoms with Crippen LogP contribution in [0.25, 0.3) is 0 Å². The molecule has 1 amide bonds. The van der Waals surface area contributed by atoms with Gasteiger partial charge < -0.3 is 10.1 Å². The van der Waals surface area contributed by atoms with Gasteiger partial charge in [0.05, 0.1) is 16.1 Å². The molecule has 2 rings (SSSR count). The van der Waals surface area contributed by atoms with Gasteiger partial charge in [0.25, 0.3) is 5.69 Å². The van der Waals surface area contributed by atoms with Crippen molar-refractivity contribution in [1.29, 1.82) is 0 Å². The number of hydrogen-bond acceptors (Lipinski definition) is 6. The maximum atomic E-state index is 14.0. The predicted molar refractivity (Wildman–Crippen MR) is 93.4 cm³/mol. The van der Waals surface area contributed by atoms with Crippen molar-refractivity contribution in [2.24, 2.45) is 0 Å². The van der Waals surface area contributed by atoms with Gasteiger partial charge in [0, 0.05) is 18.7 Å². The van der Waals surface area contributed by atoms with Crippen LogP contribution in [0.5, 0.6) is 0 Å². The highest BCUT2D eigenvalue weighted by molar-refractivity contribution is 6.32. The molecule has 140 valence electrons. The normalized spacial score (nSPS) is 10.2. The summed E-state index contributed by atoms with van der Waals surface area (Å²) in [6, 6.07) is 6.69. The first-order valence-electron chi connectivity index (χ1n) is 7.40. The number of amides is 1. The number of nitrogens with zero attached hydrogens (tertiary/aromatic N) is 1. The number of anilines is 1. The molecule has 0 aliphatic heterocycles. The standard InChI is InChI=1S/C17H12ClFN2O6/c1-9(22)20-11-3-4-12(14(19)7-11)16(23)8-27-17(24)10-2-5-13(18)15(6-10)21(25)26/h2-7H,8H2,1H3,(H,20,22). The molecule has 2 aromatic carbocycles. The molecule has 0 heterocycles. The van der Waals surface area contributed by atoms with Crippen LogP contribution >= 0.6 is 11.6 Å². The third kappa shape index (κ3) is 5.08. The van der Waals surface area contributed by atoms with Gasteiger partial charge in [-0.1, -0.05) is 11.6 Å². The minimum atomic E-state index is -1.00. The van der Waals surface area contributed by atoms with Crippen LogP contribution in [0.2, 0.25) is 5.02 Å². The molecule has 27 heavy (non-hydrogen) atoms. The Hall–Kier alpha value is -3.33. The SMILES string of the molecule is CC(=O)Nc1ccc(C(=O)COC(=O)c2ccc(Cl)c([N+](=O)[O-])c2)c(F)c1. The van der Waals surface area contributed by atoms with Gasteiger partial charge in [-0.25, -0.2) is 9.18 Å². The molecular formula is C17H12ClFN2O6. The summed E-state index contributed by atoms with van der Waals surface area (Å²) >= 11 is 5.65. The lowest BCUT2D eigenvalue weighted by atomic mass is 10.1. The second-order valence-electron chi connectivity index (χ2n) is 5.30. The maximum absolute atomic E-state index is 14.0. The van der Waals surface area contributed by atoms with Crippen molar-refractivity contribution in [2.75, 3.05) is 11.9 Å². The fourth-order valence-corrected chi connectivity index (χ4v) is 2.28. The second-order valence-corrected chi connectivity index (χ2v) is 5.71. The Morgan fingerprint density at radius 1 is 1.22 bits per heavy atom. The molecule has 0 unspecified atom stereocenters. The monoisotopic (exact) mass is 394 g/mol. The smallest absolute Gasteiger partial charge is 0.338 e. The fraction of sp³-hybridized carbons (Fsp3) is 0.118. The molecule has 0 aromatic heterocycles. The topological polar surface area (TPSA) is 116 Å². The molecule has 2 aromatic rings. The molecule has 0 saturated carbocycles. The zero-order valence-electron chi connectivity index (χ0n) is 13.8. The van der Waals surface area contributed by atoms with Crippen LogP contribution in [0.15, 0.2) is 36.4 Å². The van der Waals surface area contributed by atoms with Crippen molar-refractivity contribution < 1.29 is 28.4 Å². The van der Waals surface area contributed by atoms with Crippen LogP contribution in [0.3, 0.4) is 0 Å². The minimum Gasteiger partial charge on any atom is -0.454 e. The Morgan fingerprint density at radius 3 is 2.52 bits per heavy atom. The highest BCUT2D eigenvalue weighted by Gasteiger charge is 2.19. The molecule has 10 heteroatoms. The maximum Gasteiger partial charge on any atom is 0.338 e. The van der Waals surface area contributed by atoms with Crippen LogP contribution in [0, 0.1) is 15.9 Å². The number of carbonyl (C=O) groups is 3. The number of benzene rings is 2. The highest BCUT2D eigenvalue weighted by Crippen LogP contribution is 2.25. The first kappa shape index (κ1) is 20.0. The Balaban J connectivity index is 2.07. The van der Waals surface area contributed by atoms with Crippen LogP contribution in [0.1, 0.15) is 27.6 Å². The van der Waals surface area contributed by atoms with Gasteiger partial charge in [0.2, 0.25) is 11.7 Å². The molecule has 1 N–H and O–H groups in total. The molecule has 0 saturated heterocycles. The third-order valence-corrected chi connectivity index (χ3v) is 3.62. The summed E-state index contributed by atoms with van der Waals surface area (Å²) in [5, 5.41) is 13.0. The number of nitro groups is 1. The van der Waals surface area contributed by atoms with Crippen molar-refractivity contribution in [3.8, 4) is 0 Å². The predicted octanol–water partition coefficient (Wildman–Crippen LogP) is 3.39. The van der Waals surface area contributed by atoms with Gasteiger partial charge in [-0.15, -0.1) is 0 Å². The van der Waals surface area contributed by atoms with E-state index in [4.69, 9.17) is 16.3 Å². The van der Waals surface area contributed by atoms with Gasteiger partial charge >= 0.3 is 5.97 Å². The number of carbonyl (C=O) groups excluding carboxylic acids is 3. The Bertz CT molecular complexity index is 947. The quantitative estimate of drug-likeness (QED) is 0.347. The summed E-state index contributed by atoms with van der Waals surface area (Å²) in [4.78, 5) is 45.0. The number of ether oxygens (including phenoxy) is 1. The molecule has 0 atom stereocenters. The van der Waals surface area contributed by atoms with Gasteiger partial charge in [-0.2, -0.15) is 0 Å². The molecule has 0 bridgehead atoms. The van der Waals surface area contributed by atoms with E-state index in [9.17, 15) is 28.9 Å². The first-order chi connectivity index (χ1) is 12.7. The van der Waals surface area contributed by atoms with E-state index in [0.717, 1.165) is 24.3 Å². The zero-order valence-corrected chi connectivity index (χ0v) is 14.6. The summed E-state index contributed by atoms with van der Waals surface area (Å²) in [5.41, 5.74) is -0.835. The van der Waals surface area contributed by atoms with E-state index >= 15 is 0 Å². The first-order valence-corrected chi connectivity index (χ1v) is 7.78. The second kappa shape index (κ2) is 8.37. The molecule has 0 aliphatic carbocycles. The van der Waals surface area contributed by atoms with Crippen LogP contribution in [-0.4, -0.2) is 29.2 Å². The summed E-state index contributed by atoms with van der Waals surface area (Å²) < 4.78 is 18.8. The number of nitrogens with one attached hydrogen (secondary N) is 1. The molecule has 0 spiro atoms. The zero-order chi connectivity index (χ0) is 20.1. The van der Waals surface area contributed by atoms with Crippen molar-refractivity contribution in [1.82, 2.24) is 0 Å². The summed E-state index contributed by atoms with van der Waals surface area (Å²) in [6.45, 7) is 0.475. The van der Waals surface area contributed by atoms with Gasteiger partial charge in [0.15, 0.2) is 6.61 Å². The molecular weight excluding hydrogens is 383 g/mol. The summed E-state index contributed by atoms with van der Waals surface area (Å²) in [5.74, 6) is -3.12. The van der Waals surface area contributed by atoms with E-state index in [1.807, 2.05) is 0 Å². The van der Waals surface area contributed by atoms with Crippen LogP contribution in [-0.2, 0) is 9.53 Å². The average Bonchev–Trinajstić information content (AvgIpc) is 2.59. The Morgan fingerprint density at radius 2 is 1.93 bits per heavy atom. The van der Waals surface area contributed by atoms with Crippen LogP contribution < -0.4 is 5.32 Å². The van der Waals surface area contributed by atoms with E-state index in [-0.39, 0.29) is 21.8 Å². The number of Topliss-reactive ketones (excluding diaryl/α,β-unsaturated/α-hetero) is 1. The Kier molecular flexibility index (Phi) is 6.19. The summed E-state index contributed by atoms with van der Waals surface area (Å²) in [6.07, 6.45) is 0. The Labute approximate surface area is 157 Å². The number of esters is 1. The van der Waals surface area contributed by atoms with Crippen molar-refractivity contribution in [3.05, 3.63) is 68.5 Å². The van der Waals surface area contributed by atoms with E-state index in [0.29, 0.717) is 0 Å². The lowest BCUT2D eigenvalue weighted by molar-refractivity contribution is -0.384. The van der Waals surface area contributed by atoms with Gasteiger partial charge in [-0.3, -0.25) is 19.7 Å². The van der Waals surface area contributed by atoms with E-state index in [1.54, 1.807) is 0 Å². The average molecular weight is 395 g/mol. The van der Waals surface area contributed by atoms with Crippen molar-refractivity contribution in [3.63, 3.8) is 0 Å². The number of hydrogen-bond donors (Lipinski definition) is 1. The number of ketones is 1. The third-order valence-electron chi connectivity index (χ3n) is 3.30. The van der Waals surface area contributed by atoms with E-state index < -0.39 is 40.7 Å². The van der Waals surface area contributed by atoms with E-state index in [1.165, 1.54) is 19.1 Å². The van der Waals surface area contributed by atoms with Crippen molar-refractivity contribution in [2.45, 2.75) is 6.92 Å². The lowest BCUT2D eigenvalue weighted by Gasteiger charge is -2.07. The molecule has 0 aliphatic rings. The number of rotatable bonds is 6. The molecule has 8 nitrogen and oxygen atoms in total. The highest BCUT2D eigenvalue weighted by atomic mass is 35.5. The van der Waals surface area contributed by atoms with Gasteiger partial charge in [0.1, 0.15) is 10.8 Å². The molecule has 0 fully saturated rings. The van der Waals surface area contributed by atoms with Crippen LogP contribution in [0.4, 0.5) is 15.8 Å². The molecule has 0 radical (unpaired) electrons. The lowest BCUT2D eigenvalue weighted by Crippen LogP contribution is -2.16. The number of nitro benzene ring substituents is 1. The fourth-order valence-electron chi connectivity index (χ4n) is 2.09. The van der Waals surface area contributed by atoms with E-state index in [2.05, 4.69) is 5.32 Å². The summed E-state index contributed by atoms with van der Waals surface area (Å²) in [7, 11) is 0. The van der Waals surface area contributed by atoms with Crippen molar-refractivity contribution >= 4 is 40.6 Å².